The molecule has 2 aromatic rings. The summed E-state index contributed by atoms with van der Waals surface area (Å²) in [6.45, 7) is 0.407. The van der Waals surface area contributed by atoms with Crippen LogP contribution in [-0.4, -0.2) is 41.5 Å². The number of benzene rings is 1. The number of hydrogen-bond acceptors (Lipinski definition) is 6. The number of fused-ring (bicyclic) bond motifs is 1. The zero-order chi connectivity index (χ0) is 19.1. The van der Waals surface area contributed by atoms with E-state index in [1.165, 1.54) is 0 Å². The van der Waals surface area contributed by atoms with Crippen LogP contribution in [0.25, 0.3) is 10.9 Å². The van der Waals surface area contributed by atoms with E-state index in [0.29, 0.717) is 19.4 Å². The average Bonchev–Trinajstić information content (AvgIpc) is 3.01. The lowest BCUT2D eigenvalue weighted by molar-refractivity contribution is -0.161. The number of carbonyl (C=O) groups excluding carboxylic acids is 2. The van der Waals surface area contributed by atoms with Gasteiger partial charge < -0.3 is 32.2 Å². The van der Waals surface area contributed by atoms with E-state index in [2.05, 4.69) is 10.3 Å². The van der Waals surface area contributed by atoms with Crippen molar-refractivity contribution in [3.05, 3.63) is 36.0 Å². The van der Waals surface area contributed by atoms with E-state index < -0.39 is 24.0 Å². The molecule has 0 aliphatic rings. The summed E-state index contributed by atoms with van der Waals surface area (Å²) < 4.78 is 4.79. The summed E-state index contributed by atoms with van der Waals surface area (Å²) >= 11 is 0. The van der Waals surface area contributed by atoms with Crippen LogP contribution in [-0.2, 0) is 20.7 Å². The molecule has 26 heavy (non-hydrogen) atoms. The van der Waals surface area contributed by atoms with Gasteiger partial charge in [0.05, 0.1) is 0 Å². The van der Waals surface area contributed by atoms with Gasteiger partial charge in [-0.2, -0.15) is 0 Å². The van der Waals surface area contributed by atoms with Gasteiger partial charge in [-0.25, -0.2) is 9.59 Å². The number of nitrogens with one attached hydrogen (secondary N) is 3. The maximum absolute atomic E-state index is 12.0. The highest BCUT2D eigenvalue weighted by Crippen LogP contribution is 2.19. The number of nitrogens with two attached hydrogens (primary N) is 3. The van der Waals surface area contributed by atoms with Crippen LogP contribution in [0.1, 0.15) is 18.4 Å². The number of guanidine groups is 1. The standard InChI is InChI=1S/C17H24N6O3/c18-12(5-3-7-22-17(20)21)15(24)26-16(25)13(19)8-10-9-23-14-6-2-1-4-11(10)14/h1-2,4,6,9,12-13,23H,3,5,7-8,18-19H2,(H4,20,21,22)/t12-,13-/m0/s1. The number of ether oxygens (including phenoxy) is 1. The molecule has 9 N–H and O–H groups in total. The average molecular weight is 360 g/mol. The van der Waals surface area contributed by atoms with E-state index in [-0.39, 0.29) is 12.4 Å². The Hall–Kier alpha value is -2.91. The number of H-pyrrole nitrogens is 1. The molecular formula is C17H24N6O3. The zero-order valence-corrected chi connectivity index (χ0v) is 14.3. The van der Waals surface area contributed by atoms with Gasteiger partial charge in [0.25, 0.3) is 0 Å². The van der Waals surface area contributed by atoms with Crippen LogP contribution in [0.15, 0.2) is 30.5 Å². The van der Waals surface area contributed by atoms with Crippen LogP contribution in [0, 0.1) is 5.41 Å². The Kier molecular flexibility index (Phi) is 6.70. The molecule has 0 saturated carbocycles. The first-order chi connectivity index (χ1) is 12.4. The molecule has 1 aromatic heterocycles. The minimum Gasteiger partial charge on any atom is -0.391 e. The van der Waals surface area contributed by atoms with Gasteiger partial charge in [-0.1, -0.05) is 18.2 Å². The highest BCUT2D eigenvalue weighted by atomic mass is 16.6. The number of rotatable bonds is 8. The molecule has 0 spiro atoms. The summed E-state index contributed by atoms with van der Waals surface area (Å²) in [5.41, 5.74) is 18.5. The van der Waals surface area contributed by atoms with Crippen LogP contribution in [0.2, 0.25) is 0 Å². The second-order valence-corrected chi connectivity index (χ2v) is 6.00. The topological polar surface area (TPSA) is 173 Å². The number of esters is 2. The Morgan fingerprint density at radius 3 is 2.62 bits per heavy atom. The van der Waals surface area contributed by atoms with E-state index in [1.54, 1.807) is 6.20 Å². The second-order valence-electron chi connectivity index (χ2n) is 6.00. The van der Waals surface area contributed by atoms with Gasteiger partial charge >= 0.3 is 11.9 Å². The molecule has 1 aromatic carbocycles. The van der Waals surface area contributed by atoms with E-state index in [9.17, 15) is 9.59 Å². The molecule has 0 radical (unpaired) electrons. The lowest BCUT2D eigenvalue weighted by Crippen LogP contribution is -2.41. The molecule has 0 fully saturated rings. The fourth-order valence-electron chi connectivity index (χ4n) is 2.53. The van der Waals surface area contributed by atoms with Crippen LogP contribution in [0.5, 0.6) is 0 Å². The Labute approximate surface area is 150 Å². The SMILES string of the molecule is N=C(N)NCCC[C@H](N)C(=O)OC(=O)[C@@H](N)Cc1c[nH]c2ccccc12. The molecule has 0 unspecified atom stereocenters. The Morgan fingerprint density at radius 1 is 1.19 bits per heavy atom. The van der Waals surface area contributed by atoms with Crippen molar-refractivity contribution >= 4 is 28.8 Å². The number of aromatic nitrogens is 1. The van der Waals surface area contributed by atoms with Gasteiger partial charge in [-0.15, -0.1) is 0 Å². The van der Waals surface area contributed by atoms with E-state index >= 15 is 0 Å². The van der Waals surface area contributed by atoms with Crippen molar-refractivity contribution in [2.75, 3.05) is 6.54 Å². The van der Waals surface area contributed by atoms with Gasteiger partial charge in [0, 0.05) is 30.1 Å². The van der Waals surface area contributed by atoms with Gasteiger partial charge in [-0.3, -0.25) is 5.41 Å². The lowest BCUT2D eigenvalue weighted by Gasteiger charge is -2.13. The van der Waals surface area contributed by atoms with Gasteiger partial charge in [0.1, 0.15) is 12.1 Å². The molecule has 2 atom stereocenters. The summed E-state index contributed by atoms with van der Waals surface area (Å²) in [6.07, 6.45) is 2.83. The molecule has 0 aliphatic heterocycles. The largest absolute Gasteiger partial charge is 0.391 e. The normalized spacial score (nSPS) is 13.2. The van der Waals surface area contributed by atoms with Crippen molar-refractivity contribution in [3.63, 3.8) is 0 Å². The molecule has 1 heterocycles. The fourth-order valence-corrected chi connectivity index (χ4v) is 2.53. The number of hydrogen-bond donors (Lipinski definition) is 6. The first-order valence-electron chi connectivity index (χ1n) is 8.28. The first-order valence-corrected chi connectivity index (χ1v) is 8.28. The molecule has 0 aliphatic carbocycles. The Bertz CT molecular complexity index is 788. The summed E-state index contributed by atoms with van der Waals surface area (Å²) in [4.78, 5) is 27.0. The van der Waals surface area contributed by atoms with Crippen LogP contribution >= 0.6 is 0 Å². The highest BCUT2D eigenvalue weighted by Gasteiger charge is 2.24. The van der Waals surface area contributed by atoms with E-state index in [0.717, 1.165) is 16.5 Å². The van der Waals surface area contributed by atoms with Crippen LogP contribution in [0.3, 0.4) is 0 Å². The first kappa shape index (κ1) is 19.4. The highest BCUT2D eigenvalue weighted by molar-refractivity contribution is 5.91. The Balaban J connectivity index is 1.82. The maximum atomic E-state index is 12.0. The summed E-state index contributed by atoms with van der Waals surface area (Å²) in [7, 11) is 0. The predicted molar refractivity (Wildman–Crippen MR) is 98.2 cm³/mol. The third-order valence-corrected chi connectivity index (χ3v) is 3.93. The zero-order valence-electron chi connectivity index (χ0n) is 14.3. The van der Waals surface area contributed by atoms with Gasteiger partial charge in [0.2, 0.25) is 0 Å². The van der Waals surface area contributed by atoms with Crippen molar-refractivity contribution < 1.29 is 14.3 Å². The smallest absolute Gasteiger partial charge is 0.330 e. The van der Waals surface area contributed by atoms with Gasteiger partial charge in [-0.05, 0) is 24.5 Å². The molecular weight excluding hydrogens is 336 g/mol. The molecule has 0 saturated heterocycles. The Morgan fingerprint density at radius 2 is 1.88 bits per heavy atom. The number of para-hydroxylation sites is 1. The monoisotopic (exact) mass is 360 g/mol. The lowest BCUT2D eigenvalue weighted by atomic mass is 10.1. The van der Waals surface area contributed by atoms with Crippen molar-refractivity contribution in [1.82, 2.24) is 10.3 Å². The van der Waals surface area contributed by atoms with Crippen molar-refractivity contribution in [2.24, 2.45) is 17.2 Å². The van der Waals surface area contributed by atoms with E-state index in [4.69, 9.17) is 27.3 Å². The number of carbonyl (C=O) groups is 2. The van der Waals surface area contributed by atoms with E-state index in [1.807, 2.05) is 24.3 Å². The van der Waals surface area contributed by atoms with Crippen LogP contribution in [0.4, 0.5) is 0 Å². The molecule has 140 valence electrons. The minimum absolute atomic E-state index is 0.153. The fraction of sp³-hybridized carbons (Fsp3) is 0.353. The molecule has 0 amide bonds. The summed E-state index contributed by atoms with van der Waals surface area (Å²) in [6, 6.07) is 5.75. The summed E-state index contributed by atoms with van der Waals surface area (Å²) in [5.74, 6) is -1.77. The van der Waals surface area contributed by atoms with Crippen LogP contribution < -0.4 is 22.5 Å². The van der Waals surface area contributed by atoms with Gasteiger partial charge in [0.15, 0.2) is 5.96 Å². The maximum Gasteiger partial charge on any atom is 0.330 e. The third-order valence-electron chi connectivity index (χ3n) is 3.93. The molecule has 9 nitrogen and oxygen atoms in total. The molecule has 9 heteroatoms. The predicted octanol–water partition coefficient (Wildman–Crippen LogP) is -0.302. The van der Waals surface area contributed by atoms with Crippen molar-refractivity contribution in [2.45, 2.75) is 31.3 Å². The quantitative estimate of drug-likeness (QED) is 0.123. The third kappa shape index (κ3) is 5.30. The van der Waals surface area contributed by atoms with Crippen molar-refractivity contribution in [3.8, 4) is 0 Å². The molecule has 2 rings (SSSR count). The number of aromatic amines is 1. The second kappa shape index (κ2) is 8.97. The molecule has 0 bridgehead atoms. The summed E-state index contributed by atoms with van der Waals surface area (Å²) in [5, 5.41) is 10.6. The minimum atomic E-state index is -0.968. The van der Waals surface area contributed by atoms with Crippen molar-refractivity contribution in [1.29, 1.82) is 5.41 Å².